The van der Waals surface area contributed by atoms with Crippen LogP contribution in [0.4, 0.5) is 0 Å². The van der Waals surface area contributed by atoms with Crippen LogP contribution in [0.2, 0.25) is 0 Å². The van der Waals surface area contributed by atoms with Gasteiger partial charge in [0.2, 0.25) is 17.7 Å². The topological polar surface area (TPSA) is 250 Å². The Morgan fingerprint density at radius 2 is 1.62 bits per heavy atom. The van der Waals surface area contributed by atoms with Crippen LogP contribution in [-0.4, -0.2) is 125 Å². The van der Waals surface area contributed by atoms with Gasteiger partial charge in [0.05, 0.1) is 26.4 Å². The lowest BCUT2D eigenvalue weighted by molar-refractivity contribution is -0.272. The first-order valence-electron chi connectivity index (χ1n) is 13.5. The lowest BCUT2D eigenvalue weighted by Gasteiger charge is -2.42. The van der Waals surface area contributed by atoms with Gasteiger partial charge in [-0.1, -0.05) is 13.8 Å². The normalized spacial score (nSPS) is 23.5. The summed E-state index contributed by atoms with van der Waals surface area (Å²) >= 11 is 0. The monoisotopic (exact) mass is 605 g/mol. The van der Waals surface area contributed by atoms with Crippen molar-refractivity contribution in [2.45, 2.75) is 83.6 Å². The van der Waals surface area contributed by atoms with Gasteiger partial charge in [0.15, 0.2) is 6.29 Å². The Balaban J connectivity index is 2.48. The van der Waals surface area contributed by atoms with Gasteiger partial charge in [-0.15, -0.1) is 0 Å². The Labute approximate surface area is 243 Å². The number of carbonyl (C=O) groups excluding carboxylic acids is 3. The zero-order valence-corrected chi connectivity index (χ0v) is 24.2. The molecule has 1 aliphatic heterocycles. The molecule has 0 radical (unpaired) electrons. The van der Waals surface area contributed by atoms with E-state index in [1.807, 2.05) is 0 Å². The first kappa shape index (κ1) is 36.9. The Morgan fingerprint density at radius 1 is 0.952 bits per heavy atom. The maximum atomic E-state index is 12.5. The standard InChI is InChI=1S/C26H43N3O13/c1-13(2)11-17(25(38)39)29-23(35)14(3)16(24(36)37)5-6-19(32)27-7-8-40-9-10-41-26-20(28-15(4)31)22(34)21(33)18(12-30)42-26/h13,17-18,20-22,26,30,33-34H,5-12H2,1-4H3,(H,27,32)(H,28,31)(H,29,35)(H,36,37)(H,38,39)/b16-14-/t17-,18+,20+,21-,22+,26+/m0/s1. The van der Waals surface area contributed by atoms with E-state index in [1.54, 1.807) is 13.8 Å². The predicted octanol–water partition coefficient (Wildman–Crippen LogP) is -2.12. The molecule has 0 aromatic heterocycles. The van der Waals surface area contributed by atoms with Gasteiger partial charge in [-0.3, -0.25) is 14.4 Å². The van der Waals surface area contributed by atoms with Gasteiger partial charge >= 0.3 is 11.9 Å². The third-order valence-electron chi connectivity index (χ3n) is 6.29. The smallest absolute Gasteiger partial charge is 0.332 e. The molecule has 16 nitrogen and oxygen atoms in total. The van der Waals surface area contributed by atoms with Crippen molar-refractivity contribution in [3.8, 4) is 0 Å². The molecule has 0 aromatic carbocycles. The predicted molar refractivity (Wildman–Crippen MR) is 144 cm³/mol. The van der Waals surface area contributed by atoms with E-state index < -0.39 is 73.0 Å². The summed E-state index contributed by atoms with van der Waals surface area (Å²) in [6.07, 6.45) is -5.50. The second-order valence-electron chi connectivity index (χ2n) is 10.2. The molecule has 1 heterocycles. The number of carbonyl (C=O) groups is 5. The van der Waals surface area contributed by atoms with Gasteiger partial charge in [-0.25, -0.2) is 9.59 Å². The van der Waals surface area contributed by atoms with Crippen LogP contribution in [0, 0.1) is 5.92 Å². The highest BCUT2D eigenvalue weighted by molar-refractivity contribution is 6.03. The SMILES string of the molecule is CC(=O)N[C@H]1[C@H](OCCOCCNC(=O)CC/C(C(=O)O)=C(\C)C(=O)N[C@@H](CC(C)C)C(=O)O)O[C@H](CO)[C@H](O)[C@@H]1O. The molecule has 0 aromatic rings. The number of amides is 3. The molecule has 1 saturated heterocycles. The highest BCUT2D eigenvalue weighted by atomic mass is 16.7. The van der Waals surface area contributed by atoms with E-state index in [2.05, 4.69) is 16.0 Å². The number of nitrogens with one attached hydrogen (secondary N) is 3. The molecule has 1 aliphatic rings. The number of aliphatic hydroxyl groups excluding tert-OH is 3. The number of carboxylic acids is 2. The van der Waals surface area contributed by atoms with E-state index in [9.17, 15) is 49.5 Å². The van der Waals surface area contributed by atoms with Gasteiger partial charge < -0.3 is 55.7 Å². The number of aliphatic carboxylic acids is 2. The quantitative estimate of drug-likeness (QED) is 0.0615. The fraction of sp³-hybridized carbons (Fsp3) is 0.731. The lowest BCUT2D eigenvalue weighted by atomic mass is 9.97. The number of ether oxygens (including phenoxy) is 3. The maximum absolute atomic E-state index is 12.5. The summed E-state index contributed by atoms with van der Waals surface area (Å²) in [5, 5.41) is 55.7. The Bertz CT molecular complexity index is 971. The second kappa shape index (κ2) is 18.4. The van der Waals surface area contributed by atoms with E-state index >= 15 is 0 Å². The average molecular weight is 606 g/mol. The number of carboxylic acid groups (broad SMARTS) is 2. The number of hydrogen-bond donors (Lipinski definition) is 8. The van der Waals surface area contributed by atoms with Crippen molar-refractivity contribution in [2.24, 2.45) is 5.92 Å². The summed E-state index contributed by atoms with van der Waals surface area (Å²) in [7, 11) is 0. The van der Waals surface area contributed by atoms with Gasteiger partial charge in [0, 0.05) is 31.0 Å². The molecule has 240 valence electrons. The summed E-state index contributed by atoms with van der Waals surface area (Å²) in [4.78, 5) is 59.2. The summed E-state index contributed by atoms with van der Waals surface area (Å²) in [5.41, 5.74) is -0.503. The number of aliphatic hydroxyl groups is 3. The first-order valence-corrected chi connectivity index (χ1v) is 13.5. The third-order valence-corrected chi connectivity index (χ3v) is 6.29. The van der Waals surface area contributed by atoms with Crippen molar-refractivity contribution in [3.63, 3.8) is 0 Å². The minimum absolute atomic E-state index is 0.0215. The third kappa shape index (κ3) is 12.4. The maximum Gasteiger partial charge on any atom is 0.332 e. The largest absolute Gasteiger partial charge is 0.480 e. The zero-order chi connectivity index (χ0) is 32.0. The molecule has 8 N–H and O–H groups in total. The van der Waals surface area contributed by atoms with Crippen molar-refractivity contribution >= 4 is 29.7 Å². The van der Waals surface area contributed by atoms with Crippen LogP contribution in [0.1, 0.15) is 47.0 Å². The van der Waals surface area contributed by atoms with Crippen LogP contribution in [0.25, 0.3) is 0 Å². The summed E-state index contributed by atoms with van der Waals surface area (Å²) in [6, 6.07) is -2.26. The second-order valence-corrected chi connectivity index (χ2v) is 10.2. The van der Waals surface area contributed by atoms with Crippen LogP contribution < -0.4 is 16.0 Å². The van der Waals surface area contributed by atoms with Crippen LogP contribution in [0.5, 0.6) is 0 Å². The highest BCUT2D eigenvalue weighted by Gasteiger charge is 2.45. The molecular weight excluding hydrogens is 562 g/mol. The molecule has 0 unspecified atom stereocenters. The van der Waals surface area contributed by atoms with Crippen molar-refractivity contribution < 1.29 is 63.7 Å². The van der Waals surface area contributed by atoms with E-state index in [0.29, 0.717) is 0 Å². The van der Waals surface area contributed by atoms with Crippen LogP contribution in [0.3, 0.4) is 0 Å². The van der Waals surface area contributed by atoms with E-state index in [0.717, 1.165) is 0 Å². The number of rotatable bonds is 18. The molecule has 6 atom stereocenters. The van der Waals surface area contributed by atoms with E-state index in [1.165, 1.54) is 13.8 Å². The molecule has 0 bridgehead atoms. The van der Waals surface area contributed by atoms with Crippen molar-refractivity contribution in [1.29, 1.82) is 0 Å². The summed E-state index contributed by atoms with van der Waals surface area (Å²) < 4.78 is 16.3. The minimum Gasteiger partial charge on any atom is -0.480 e. The van der Waals surface area contributed by atoms with Gasteiger partial charge in [0.1, 0.15) is 30.4 Å². The molecule has 42 heavy (non-hydrogen) atoms. The van der Waals surface area contributed by atoms with E-state index in [4.69, 9.17) is 14.2 Å². The van der Waals surface area contributed by atoms with Crippen LogP contribution in [0.15, 0.2) is 11.1 Å². The lowest BCUT2D eigenvalue weighted by Crippen LogP contribution is -2.64. The Hall–Kier alpha value is -3.15. The fourth-order valence-electron chi connectivity index (χ4n) is 4.08. The summed E-state index contributed by atoms with van der Waals surface area (Å²) in [5.74, 6) is -4.48. The average Bonchev–Trinajstić information content (AvgIpc) is 2.90. The molecule has 0 spiro atoms. The zero-order valence-electron chi connectivity index (χ0n) is 24.2. The van der Waals surface area contributed by atoms with Crippen molar-refractivity contribution in [1.82, 2.24) is 16.0 Å². The fourth-order valence-corrected chi connectivity index (χ4v) is 4.08. The minimum atomic E-state index is -1.44. The molecule has 16 heteroatoms. The van der Waals surface area contributed by atoms with Gasteiger partial charge in [-0.05, 0) is 25.7 Å². The first-order chi connectivity index (χ1) is 19.7. The molecule has 1 fully saturated rings. The van der Waals surface area contributed by atoms with Crippen LogP contribution in [-0.2, 0) is 38.2 Å². The molecule has 0 aliphatic carbocycles. The van der Waals surface area contributed by atoms with Crippen LogP contribution >= 0.6 is 0 Å². The Kier molecular flexibility index (Phi) is 16.2. The molecular formula is C26H43N3O13. The number of hydrogen-bond acceptors (Lipinski definition) is 11. The van der Waals surface area contributed by atoms with E-state index in [-0.39, 0.29) is 62.7 Å². The summed E-state index contributed by atoms with van der Waals surface area (Å²) in [6.45, 7) is 5.57. The molecule has 0 saturated carbocycles. The molecule has 1 rings (SSSR count). The Morgan fingerprint density at radius 3 is 2.17 bits per heavy atom. The van der Waals surface area contributed by atoms with Crippen molar-refractivity contribution in [3.05, 3.63) is 11.1 Å². The van der Waals surface area contributed by atoms with Crippen molar-refractivity contribution in [2.75, 3.05) is 33.0 Å². The van der Waals surface area contributed by atoms with Gasteiger partial charge in [-0.2, -0.15) is 0 Å². The van der Waals surface area contributed by atoms with Gasteiger partial charge in [0.25, 0.3) is 0 Å². The molecule has 3 amide bonds. The highest BCUT2D eigenvalue weighted by Crippen LogP contribution is 2.22.